The van der Waals surface area contributed by atoms with Crippen LogP contribution in [-0.4, -0.2) is 33.3 Å². The number of piperidine rings is 1. The number of nitrogens with one attached hydrogen (secondary N) is 1. The Morgan fingerprint density at radius 1 is 1.47 bits per heavy atom. The van der Waals surface area contributed by atoms with E-state index in [-0.39, 0.29) is 5.82 Å². The van der Waals surface area contributed by atoms with E-state index in [1.54, 1.807) is 19.2 Å². The summed E-state index contributed by atoms with van der Waals surface area (Å²) in [6, 6.07) is 5.33. The number of hydrogen-bond acceptors (Lipinski definition) is 3. The van der Waals surface area contributed by atoms with Gasteiger partial charge in [0.2, 0.25) is 0 Å². The Labute approximate surface area is 102 Å². The fraction of sp³-hybridized carbons (Fsp3) is 0.538. The Morgan fingerprint density at radius 2 is 2.29 bits per heavy atom. The van der Waals surface area contributed by atoms with E-state index in [1.807, 2.05) is 7.05 Å². The molecule has 4 heteroatoms. The molecule has 94 valence electrons. The predicted molar refractivity (Wildman–Crippen MR) is 67.2 cm³/mol. The van der Waals surface area contributed by atoms with Crippen molar-refractivity contribution in [2.24, 2.45) is 0 Å². The van der Waals surface area contributed by atoms with Crippen LogP contribution >= 0.6 is 0 Å². The van der Waals surface area contributed by atoms with Crippen molar-refractivity contribution in [3.63, 3.8) is 0 Å². The molecule has 0 saturated carbocycles. The molecule has 0 bridgehead atoms. The summed E-state index contributed by atoms with van der Waals surface area (Å²) in [6.07, 6.45) is 2.24. The van der Waals surface area contributed by atoms with E-state index in [0.29, 0.717) is 17.5 Å². The van der Waals surface area contributed by atoms with E-state index < -0.39 is 0 Å². The van der Waals surface area contributed by atoms with Gasteiger partial charge in [-0.3, -0.25) is 0 Å². The smallest absolute Gasteiger partial charge is 0.146 e. The van der Waals surface area contributed by atoms with Gasteiger partial charge in [-0.25, -0.2) is 4.39 Å². The number of methoxy groups -OCH3 is 1. The summed E-state index contributed by atoms with van der Waals surface area (Å²) >= 11 is 0. The first-order valence-corrected chi connectivity index (χ1v) is 6.00. The first-order chi connectivity index (χ1) is 8.24. The standard InChI is InChI=1S/C13H19FN2O/c1-15-10-4-3-7-16(9-10)13-8-11(17-2)5-6-12(13)14/h5-6,8,10,15H,3-4,7,9H2,1-2H3. The van der Waals surface area contributed by atoms with Crippen molar-refractivity contribution in [2.75, 3.05) is 32.1 Å². The minimum atomic E-state index is -0.178. The third-order valence-corrected chi connectivity index (χ3v) is 3.32. The molecule has 3 nitrogen and oxygen atoms in total. The Balaban J connectivity index is 2.20. The zero-order chi connectivity index (χ0) is 12.3. The maximum atomic E-state index is 13.8. The molecule has 0 amide bonds. The van der Waals surface area contributed by atoms with Crippen LogP contribution in [0.15, 0.2) is 18.2 Å². The largest absolute Gasteiger partial charge is 0.497 e. The molecular formula is C13H19FN2O. The van der Waals surface area contributed by atoms with Crippen molar-refractivity contribution in [1.29, 1.82) is 0 Å². The molecule has 17 heavy (non-hydrogen) atoms. The predicted octanol–water partition coefficient (Wildman–Crippen LogP) is 2.02. The van der Waals surface area contributed by atoms with Crippen LogP contribution < -0.4 is 15.0 Å². The lowest BCUT2D eigenvalue weighted by Gasteiger charge is -2.34. The van der Waals surface area contributed by atoms with Crippen LogP contribution in [0.3, 0.4) is 0 Å². The van der Waals surface area contributed by atoms with Gasteiger partial charge in [-0.2, -0.15) is 0 Å². The molecule has 0 spiro atoms. The minimum Gasteiger partial charge on any atom is -0.497 e. The van der Waals surface area contributed by atoms with Gasteiger partial charge in [0.05, 0.1) is 12.8 Å². The van der Waals surface area contributed by atoms with E-state index in [2.05, 4.69) is 10.2 Å². The van der Waals surface area contributed by atoms with Gasteiger partial charge in [0.25, 0.3) is 0 Å². The van der Waals surface area contributed by atoms with Gasteiger partial charge in [0, 0.05) is 25.2 Å². The topological polar surface area (TPSA) is 24.5 Å². The number of anilines is 1. The number of ether oxygens (including phenoxy) is 1. The highest BCUT2D eigenvalue weighted by molar-refractivity contribution is 5.52. The molecule has 2 rings (SSSR count). The molecule has 1 aliphatic rings. The molecule has 1 heterocycles. The zero-order valence-corrected chi connectivity index (χ0v) is 10.4. The first kappa shape index (κ1) is 12.2. The fourth-order valence-corrected chi connectivity index (χ4v) is 2.29. The Kier molecular flexibility index (Phi) is 3.84. The van der Waals surface area contributed by atoms with Gasteiger partial charge < -0.3 is 15.0 Å². The number of nitrogens with zero attached hydrogens (tertiary/aromatic N) is 1. The Bertz CT molecular complexity index is 384. The van der Waals surface area contributed by atoms with Gasteiger partial charge >= 0.3 is 0 Å². The van der Waals surface area contributed by atoms with Gasteiger partial charge in [-0.15, -0.1) is 0 Å². The van der Waals surface area contributed by atoms with E-state index >= 15 is 0 Å². The average molecular weight is 238 g/mol. The van der Waals surface area contributed by atoms with Gasteiger partial charge in [0.15, 0.2) is 0 Å². The number of halogens is 1. The number of likely N-dealkylation sites (N-methyl/N-ethyl adjacent to an activating group) is 1. The molecule has 1 aliphatic heterocycles. The van der Waals surface area contributed by atoms with E-state index in [9.17, 15) is 4.39 Å². The summed E-state index contributed by atoms with van der Waals surface area (Å²) in [7, 11) is 3.56. The van der Waals surface area contributed by atoms with Crippen LogP contribution in [0.1, 0.15) is 12.8 Å². The van der Waals surface area contributed by atoms with Crippen molar-refractivity contribution in [3.05, 3.63) is 24.0 Å². The molecule has 1 unspecified atom stereocenters. The quantitative estimate of drug-likeness (QED) is 0.872. The molecule has 0 aromatic heterocycles. The SMILES string of the molecule is CNC1CCCN(c2cc(OC)ccc2F)C1. The highest BCUT2D eigenvalue weighted by atomic mass is 19.1. The molecule has 0 aliphatic carbocycles. The zero-order valence-electron chi connectivity index (χ0n) is 10.4. The second kappa shape index (κ2) is 5.36. The first-order valence-electron chi connectivity index (χ1n) is 6.00. The van der Waals surface area contributed by atoms with Crippen molar-refractivity contribution in [2.45, 2.75) is 18.9 Å². The molecule has 1 N–H and O–H groups in total. The normalized spacial score (nSPS) is 20.4. The Hall–Kier alpha value is -1.29. The van der Waals surface area contributed by atoms with Crippen LogP contribution in [0.25, 0.3) is 0 Å². The highest BCUT2D eigenvalue weighted by Crippen LogP contribution is 2.27. The Morgan fingerprint density at radius 3 is 3.00 bits per heavy atom. The molecule has 1 aromatic carbocycles. The van der Waals surface area contributed by atoms with Crippen LogP contribution in [0, 0.1) is 5.82 Å². The monoisotopic (exact) mass is 238 g/mol. The van der Waals surface area contributed by atoms with E-state index in [4.69, 9.17) is 4.74 Å². The van der Waals surface area contributed by atoms with Crippen molar-refractivity contribution in [3.8, 4) is 5.75 Å². The number of benzene rings is 1. The molecule has 1 fully saturated rings. The van der Waals surface area contributed by atoms with Crippen molar-refractivity contribution < 1.29 is 9.13 Å². The van der Waals surface area contributed by atoms with Crippen molar-refractivity contribution >= 4 is 5.69 Å². The lowest BCUT2D eigenvalue weighted by Crippen LogP contribution is -2.44. The summed E-state index contributed by atoms with van der Waals surface area (Å²) in [5.74, 6) is 0.524. The van der Waals surface area contributed by atoms with E-state index in [1.165, 1.54) is 6.07 Å². The molecule has 1 atom stereocenters. The van der Waals surface area contributed by atoms with Gasteiger partial charge in [-0.1, -0.05) is 0 Å². The summed E-state index contributed by atoms with van der Waals surface area (Å²) < 4.78 is 18.9. The van der Waals surface area contributed by atoms with Crippen LogP contribution in [0.2, 0.25) is 0 Å². The molecule has 1 saturated heterocycles. The summed E-state index contributed by atoms with van der Waals surface area (Å²) in [4.78, 5) is 2.09. The van der Waals surface area contributed by atoms with Crippen LogP contribution in [0.4, 0.5) is 10.1 Å². The second-order valence-electron chi connectivity index (χ2n) is 4.39. The summed E-state index contributed by atoms with van der Waals surface area (Å²) in [5, 5.41) is 3.26. The van der Waals surface area contributed by atoms with Crippen LogP contribution in [0.5, 0.6) is 5.75 Å². The number of hydrogen-bond donors (Lipinski definition) is 1. The lowest BCUT2D eigenvalue weighted by molar-refractivity contribution is 0.411. The minimum absolute atomic E-state index is 0.178. The average Bonchev–Trinajstić information content (AvgIpc) is 2.39. The molecule has 1 aromatic rings. The fourth-order valence-electron chi connectivity index (χ4n) is 2.29. The second-order valence-corrected chi connectivity index (χ2v) is 4.39. The maximum Gasteiger partial charge on any atom is 0.146 e. The molecular weight excluding hydrogens is 219 g/mol. The summed E-state index contributed by atoms with van der Waals surface area (Å²) in [5.41, 5.74) is 0.643. The third kappa shape index (κ3) is 2.69. The number of rotatable bonds is 3. The van der Waals surface area contributed by atoms with Gasteiger partial charge in [0.1, 0.15) is 11.6 Å². The molecule has 0 radical (unpaired) electrons. The van der Waals surface area contributed by atoms with Crippen molar-refractivity contribution in [1.82, 2.24) is 5.32 Å². The van der Waals surface area contributed by atoms with Crippen LogP contribution in [-0.2, 0) is 0 Å². The maximum absolute atomic E-state index is 13.8. The third-order valence-electron chi connectivity index (χ3n) is 3.32. The van der Waals surface area contributed by atoms with E-state index in [0.717, 1.165) is 25.9 Å². The van der Waals surface area contributed by atoms with Gasteiger partial charge in [-0.05, 0) is 32.0 Å². The highest BCUT2D eigenvalue weighted by Gasteiger charge is 2.21. The lowest BCUT2D eigenvalue weighted by atomic mass is 10.0. The summed E-state index contributed by atoms with van der Waals surface area (Å²) in [6.45, 7) is 1.75.